The van der Waals surface area contributed by atoms with Crippen molar-refractivity contribution in [2.24, 2.45) is 11.7 Å². The maximum Gasteiger partial charge on any atom is 0.269 e. The number of primary amides is 1. The number of amides is 3. The van der Waals surface area contributed by atoms with Crippen molar-refractivity contribution in [3.05, 3.63) is 47.5 Å². The lowest BCUT2D eigenvalue weighted by Gasteiger charge is -2.29. The topological polar surface area (TPSA) is 136 Å². The van der Waals surface area contributed by atoms with Crippen LogP contribution in [0.5, 0.6) is 0 Å². The summed E-state index contributed by atoms with van der Waals surface area (Å²) < 4.78 is 1.43. The Morgan fingerprint density at radius 2 is 2.06 bits per heavy atom. The molecule has 3 amide bonds. The van der Waals surface area contributed by atoms with Gasteiger partial charge in [-0.3, -0.25) is 24.0 Å². The largest absolute Gasteiger partial charge is 0.364 e. The average molecular weight is 468 g/mol. The van der Waals surface area contributed by atoms with Gasteiger partial charge < -0.3 is 16.0 Å². The van der Waals surface area contributed by atoms with Gasteiger partial charge in [0.05, 0.1) is 11.7 Å². The molecular weight excluding hydrogens is 446 g/mol. The van der Waals surface area contributed by atoms with Crippen molar-refractivity contribution in [1.29, 1.82) is 0 Å². The number of pyridine rings is 2. The normalized spacial score (nSPS) is 21.8. The number of aromatic nitrogens is 4. The SMILES string of the molecule is NC(=O)c1nn(CC(=O)N2C3CCC[C@H]3C[C@H]2C(=O)Nc2cccc(Cl)n2)c2cnccc12. The number of rotatable bonds is 5. The van der Waals surface area contributed by atoms with Crippen molar-refractivity contribution >= 4 is 46.0 Å². The summed E-state index contributed by atoms with van der Waals surface area (Å²) in [5, 5.41) is 7.86. The molecule has 0 spiro atoms. The molecule has 2 fully saturated rings. The number of nitrogens with two attached hydrogens (primary N) is 1. The number of likely N-dealkylation sites (tertiary alicyclic amines) is 1. The van der Waals surface area contributed by atoms with Crippen molar-refractivity contribution in [3.8, 4) is 0 Å². The van der Waals surface area contributed by atoms with E-state index in [4.69, 9.17) is 17.3 Å². The first kappa shape index (κ1) is 21.3. The van der Waals surface area contributed by atoms with Gasteiger partial charge in [0.15, 0.2) is 5.69 Å². The van der Waals surface area contributed by atoms with Gasteiger partial charge in [-0.2, -0.15) is 5.10 Å². The third kappa shape index (κ3) is 3.91. The molecule has 0 bridgehead atoms. The minimum absolute atomic E-state index is 0.00358. The third-order valence-electron chi connectivity index (χ3n) is 6.47. The van der Waals surface area contributed by atoms with Gasteiger partial charge in [0.1, 0.15) is 23.6 Å². The lowest BCUT2D eigenvalue weighted by molar-refractivity contribution is -0.139. The van der Waals surface area contributed by atoms with E-state index in [2.05, 4.69) is 20.4 Å². The number of carbonyl (C=O) groups excluding carboxylic acids is 3. The Kier molecular flexibility index (Phi) is 5.45. The van der Waals surface area contributed by atoms with Crippen molar-refractivity contribution < 1.29 is 14.4 Å². The average Bonchev–Trinajstić information content (AvgIpc) is 3.47. The summed E-state index contributed by atoms with van der Waals surface area (Å²) in [6.45, 7) is -0.127. The molecule has 1 aliphatic heterocycles. The molecule has 33 heavy (non-hydrogen) atoms. The quantitative estimate of drug-likeness (QED) is 0.550. The molecule has 3 N–H and O–H groups in total. The van der Waals surface area contributed by atoms with Crippen molar-refractivity contribution in [1.82, 2.24) is 24.6 Å². The fourth-order valence-corrected chi connectivity index (χ4v) is 5.27. The van der Waals surface area contributed by atoms with Gasteiger partial charge in [-0.25, -0.2) is 4.98 Å². The van der Waals surface area contributed by atoms with Crippen LogP contribution in [0.2, 0.25) is 5.15 Å². The zero-order valence-corrected chi connectivity index (χ0v) is 18.4. The summed E-state index contributed by atoms with van der Waals surface area (Å²) in [5.41, 5.74) is 6.08. The number of hydrogen-bond acceptors (Lipinski definition) is 6. The van der Waals surface area contributed by atoms with E-state index in [9.17, 15) is 14.4 Å². The highest BCUT2D eigenvalue weighted by molar-refractivity contribution is 6.29. The summed E-state index contributed by atoms with van der Waals surface area (Å²) in [7, 11) is 0. The lowest BCUT2D eigenvalue weighted by Crippen LogP contribution is -2.48. The molecule has 11 heteroatoms. The zero-order chi connectivity index (χ0) is 23.1. The Morgan fingerprint density at radius 1 is 1.21 bits per heavy atom. The number of carbonyl (C=O) groups is 3. The number of hydrogen-bond donors (Lipinski definition) is 2. The summed E-state index contributed by atoms with van der Waals surface area (Å²) in [4.78, 5) is 48.4. The smallest absolute Gasteiger partial charge is 0.269 e. The molecule has 5 rings (SSSR count). The molecule has 3 aromatic rings. The molecule has 10 nitrogen and oxygen atoms in total. The first-order chi connectivity index (χ1) is 15.9. The number of anilines is 1. The van der Waals surface area contributed by atoms with Gasteiger partial charge in [0, 0.05) is 17.6 Å². The predicted molar refractivity (Wildman–Crippen MR) is 120 cm³/mol. The highest BCUT2D eigenvalue weighted by Gasteiger charge is 2.48. The molecule has 1 saturated carbocycles. The molecule has 1 saturated heterocycles. The Balaban J connectivity index is 1.42. The van der Waals surface area contributed by atoms with Crippen LogP contribution in [0.4, 0.5) is 5.82 Å². The van der Waals surface area contributed by atoms with Gasteiger partial charge in [0.2, 0.25) is 11.8 Å². The van der Waals surface area contributed by atoms with E-state index >= 15 is 0 Å². The van der Waals surface area contributed by atoms with Crippen LogP contribution in [0.3, 0.4) is 0 Å². The van der Waals surface area contributed by atoms with Crippen LogP contribution in [0.25, 0.3) is 10.9 Å². The first-order valence-corrected chi connectivity index (χ1v) is 11.1. The zero-order valence-electron chi connectivity index (χ0n) is 17.6. The monoisotopic (exact) mass is 467 g/mol. The second-order valence-corrected chi connectivity index (χ2v) is 8.80. The maximum atomic E-state index is 13.5. The first-order valence-electron chi connectivity index (χ1n) is 10.8. The number of halogens is 1. The van der Waals surface area contributed by atoms with Crippen LogP contribution in [0, 0.1) is 5.92 Å². The summed E-state index contributed by atoms with van der Waals surface area (Å²) in [6.07, 6.45) is 6.52. The Morgan fingerprint density at radius 3 is 2.85 bits per heavy atom. The minimum atomic E-state index is -0.680. The standard InChI is InChI=1S/C22H22ClN7O3/c23-17-5-2-6-18(26-17)27-22(33)15-9-12-3-1-4-14(12)30(15)19(31)11-29-16-10-25-8-7-13(16)20(28-29)21(24)32/h2,5-8,10,12,14-15H,1,3-4,9,11H2,(H2,24,32)(H,26,27,33)/t12-,14?,15-/m0/s1. The van der Waals surface area contributed by atoms with E-state index in [0.717, 1.165) is 19.3 Å². The molecule has 0 aromatic carbocycles. The third-order valence-corrected chi connectivity index (χ3v) is 6.68. The number of fused-ring (bicyclic) bond motifs is 2. The van der Waals surface area contributed by atoms with Gasteiger partial charge in [0.25, 0.3) is 5.91 Å². The molecule has 1 unspecified atom stereocenters. The summed E-state index contributed by atoms with van der Waals surface area (Å²) in [6, 6.07) is 5.99. The highest BCUT2D eigenvalue weighted by Crippen LogP contribution is 2.41. The molecular formula is C22H22ClN7O3. The highest BCUT2D eigenvalue weighted by atomic mass is 35.5. The predicted octanol–water partition coefficient (Wildman–Crippen LogP) is 1.99. The molecule has 170 valence electrons. The summed E-state index contributed by atoms with van der Waals surface area (Å²) in [5.74, 6) is -0.604. The minimum Gasteiger partial charge on any atom is -0.364 e. The van der Waals surface area contributed by atoms with Crippen LogP contribution in [-0.2, 0) is 16.1 Å². The molecule has 3 aromatic heterocycles. The fourth-order valence-electron chi connectivity index (χ4n) is 5.10. The van der Waals surface area contributed by atoms with E-state index in [0.29, 0.717) is 23.1 Å². The van der Waals surface area contributed by atoms with Crippen LogP contribution in [0.15, 0.2) is 36.7 Å². The number of nitrogens with one attached hydrogen (secondary N) is 1. The van der Waals surface area contributed by atoms with Crippen LogP contribution >= 0.6 is 11.6 Å². The Bertz CT molecular complexity index is 1260. The summed E-state index contributed by atoms with van der Waals surface area (Å²) >= 11 is 5.93. The van der Waals surface area contributed by atoms with E-state index in [1.54, 1.807) is 35.4 Å². The Hall–Kier alpha value is -3.53. The van der Waals surface area contributed by atoms with Gasteiger partial charge in [-0.15, -0.1) is 0 Å². The van der Waals surface area contributed by atoms with Gasteiger partial charge in [-0.1, -0.05) is 24.1 Å². The van der Waals surface area contributed by atoms with Gasteiger partial charge >= 0.3 is 0 Å². The van der Waals surface area contributed by atoms with Crippen molar-refractivity contribution in [2.75, 3.05) is 5.32 Å². The second-order valence-electron chi connectivity index (χ2n) is 8.41. The van der Waals surface area contributed by atoms with E-state index in [1.807, 2.05) is 0 Å². The van der Waals surface area contributed by atoms with Crippen molar-refractivity contribution in [2.45, 2.75) is 44.3 Å². The number of nitrogens with zero attached hydrogens (tertiary/aromatic N) is 5. The van der Waals surface area contributed by atoms with Crippen LogP contribution in [0.1, 0.15) is 36.2 Å². The van der Waals surface area contributed by atoms with Crippen LogP contribution in [-0.4, -0.2) is 54.5 Å². The molecule has 1 aliphatic carbocycles. The van der Waals surface area contributed by atoms with E-state index in [1.165, 1.54) is 10.9 Å². The van der Waals surface area contributed by atoms with Crippen LogP contribution < -0.4 is 11.1 Å². The fraction of sp³-hybridized carbons (Fsp3) is 0.364. The molecule has 4 heterocycles. The molecule has 0 radical (unpaired) electrons. The van der Waals surface area contributed by atoms with Crippen molar-refractivity contribution in [3.63, 3.8) is 0 Å². The maximum absolute atomic E-state index is 13.5. The van der Waals surface area contributed by atoms with E-state index < -0.39 is 11.9 Å². The molecule has 2 aliphatic rings. The van der Waals surface area contributed by atoms with E-state index in [-0.39, 0.29) is 41.2 Å². The van der Waals surface area contributed by atoms with Gasteiger partial charge in [-0.05, 0) is 43.4 Å². The second kappa shape index (κ2) is 8.43. The Labute approximate surface area is 194 Å². The lowest BCUT2D eigenvalue weighted by atomic mass is 10.0. The molecule has 3 atom stereocenters.